The predicted molar refractivity (Wildman–Crippen MR) is 148 cm³/mol. The molecule has 0 saturated heterocycles. The fourth-order valence-corrected chi connectivity index (χ4v) is 5.65. The van der Waals surface area contributed by atoms with Gasteiger partial charge in [-0.25, -0.2) is 12.8 Å². The molecule has 1 heterocycles. The van der Waals surface area contributed by atoms with Crippen LogP contribution in [0.1, 0.15) is 34.6 Å². The molecule has 1 aromatic heterocycles. The van der Waals surface area contributed by atoms with Crippen LogP contribution in [0.5, 0.6) is 0 Å². The van der Waals surface area contributed by atoms with E-state index in [9.17, 15) is 17.6 Å². The molecule has 5 nitrogen and oxygen atoms in total. The number of rotatable bonds is 6. The van der Waals surface area contributed by atoms with Crippen molar-refractivity contribution < 1.29 is 17.6 Å². The molecule has 0 aliphatic carbocycles. The van der Waals surface area contributed by atoms with Gasteiger partial charge in [-0.3, -0.25) is 9.10 Å². The Kier molecular flexibility index (Phi) is 7.09. The van der Waals surface area contributed by atoms with Crippen LogP contribution in [-0.2, 0) is 15.4 Å². The number of nitrogens with one attached hydrogen (secondary N) is 1. The topological polar surface area (TPSA) is 66.5 Å². The number of amides is 1. The van der Waals surface area contributed by atoms with Crippen LogP contribution < -0.4 is 9.62 Å². The van der Waals surface area contributed by atoms with Gasteiger partial charge in [0.25, 0.3) is 5.91 Å². The lowest BCUT2D eigenvalue weighted by molar-refractivity contribution is 0.103. The minimum Gasteiger partial charge on any atom is -0.321 e. The first-order valence-electron chi connectivity index (χ1n) is 10.8. The number of fused-ring (bicyclic) bond motifs is 1. The summed E-state index contributed by atoms with van der Waals surface area (Å²) in [5.41, 5.74) is 1.96. The first-order valence-corrected chi connectivity index (χ1v) is 14.2. The first-order chi connectivity index (χ1) is 16.8. The molecule has 0 aliphatic rings. The number of anilines is 2. The summed E-state index contributed by atoms with van der Waals surface area (Å²) in [5.74, 6) is -1.07. The van der Waals surface area contributed by atoms with Crippen LogP contribution in [0.3, 0.4) is 0 Å². The number of halogens is 3. The van der Waals surface area contributed by atoms with Crippen LogP contribution >= 0.6 is 34.5 Å². The lowest BCUT2D eigenvalue weighted by Gasteiger charge is -2.27. The number of benzene rings is 3. The highest BCUT2D eigenvalue weighted by Crippen LogP contribution is 2.36. The van der Waals surface area contributed by atoms with Crippen LogP contribution in [0.4, 0.5) is 15.8 Å². The van der Waals surface area contributed by atoms with Gasteiger partial charge in [0.15, 0.2) is 0 Å². The number of carbonyl (C=O) groups excluding carboxylic acids is 1. The number of nitrogens with zero attached hydrogens (tertiary/aromatic N) is 1. The van der Waals surface area contributed by atoms with E-state index in [-0.39, 0.29) is 11.6 Å². The van der Waals surface area contributed by atoms with Gasteiger partial charge >= 0.3 is 0 Å². The number of hydrogen-bond donors (Lipinski definition) is 1. The van der Waals surface area contributed by atoms with Gasteiger partial charge in [0.1, 0.15) is 5.82 Å². The van der Waals surface area contributed by atoms with Gasteiger partial charge in [-0.2, -0.15) is 0 Å². The van der Waals surface area contributed by atoms with Gasteiger partial charge in [-0.1, -0.05) is 49.2 Å². The summed E-state index contributed by atoms with van der Waals surface area (Å²) < 4.78 is 39.7. The second-order valence-electron chi connectivity index (χ2n) is 9.00. The van der Waals surface area contributed by atoms with Gasteiger partial charge in [0, 0.05) is 32.9 Å². The third-order valence-electron chi connectivity index (χ3n) is 6.09. The molecule has 188 valence electrons. The van der Waals surface area contributed by atoms with Gasteiger partial charge in [0.05, 0.1) is 16.8 Å². The maximum atomic E-state index is 14.6. The molecule has 0 fully saturated rings. The van der Waals surface area contributed by atoms with E-state index in [1.54, 1.807) is 12.1 Å². The summed E-state index contributed by atoms with van der Waals surface area (Å²) in [4.78, 5) is 13.4. The van der Waals surface area contributed by atoms with Crippen molar-refractivity contribution in [3.05, 3.63) is 92.5 Å². The Morgan fingerprint density at radius 2 is 1.64 bits per heavy atom. The smallest absolute Gasteiger partial charge is 0.265 e. The molecule has 1 amide bonds. The predicted octanol–water partition coefficient (Wildman–Crippen LogP) is 7.32. The monoisotopic (exact) mass is 564 g/mol. The molecule has 36 heavy (non-hydrogen) atoms. The van der Waals surface area contributed by atoms with Gasteiger partial charge < -0.3 is 5.32 Å². The first kappa shape index (κ1) is 26.4. The number of sulfonamides is 1. The Morgan fingerprint density at radius 1 is 0.972 bits per heavy atom. The Morgan fingerprint density at radius 3 is 2.28 bits per heavy atom. The minimum atomic E-state index is -3.64. The quantitative estimate of drug-likeness (QED) is 0.266. The second kappa shape index (κ2) is 9.67. The highest BCUT2D eigenvalue weighted by atomic mass is 35.5. The van der Waals surface area contributed by atoms with E-state index < -0.39 is 21.3 Å². The van der Waals surface area contributed by atoms with Gasteiger partial charge in [-0.05, 0) is 65.0 Å². The van der Waals surface area contributed by atoms with E-state index in [4.69, 9.17) is 23.2 Å². The molecule has 4 rings (SSSR count). The summed E-state index contributed by atoms with van der Waals surface area (Å²) in [7, 11) is -2.36. The normalized spacial score (nSPS) is 12.1. The van der Waals surface area contributed by atoms with Gasteiger partial charge in [0.2, 0.25) is 10.0 Å². The Balaban J connectivity index is 1.64. The molecule has 0 aliphatic heterocycles. The number of carbonyl (C=O) groups is 1. The average Bonchev–Trinajstić information content (AvgIpc) is 3.20. The van der Waals surface area contributed by atoms with Crippen molar-refractivity contribution in [1.29, 1.82) is 0 Å². The maximum absolute atomic E-state index is 14.6. The van der Waals surface area contributed by atoms with E-state index >= 15 is 0 Å². The van der Waals surface area contributed by atoms with Crippen molar-refractivity contribution in [3.63, 3.8) is 0 Å². The van der Waals surface area contributed by atoms with Crippen molar-refractivity contribution in [2.24, 2.45) is 0 Å². The summed E-state index contributed by atoms with van der Waals surface area (Å²) >= 11 is 13.5. The summed E-state index contributed by atoms with van der Waals surface area (Å²) in [6.45, 7) is 4.11. The van der Waals surface area contributed by atoms with E-state index in [2.05, 4.69) is 19.2 Å². The third kappa shape index (κ3) is 5.37. The molecule has 0 spiro atoms. The minimum absolute atomic E-state index is 0.0846. The molecule has 0 atom stereocenters. The van der Waals surface area contributed by atoms with Crippen LogP contribution in [0.2, 0.25) is 10.0 Å². The van der Waals surface area contributed by atoms with Crippen LogP contribution in [0.15, 0.2) is 60.7 Å². The third-order valence-corrected chi connectivity index (χ3v) is 8.85. The van der Waals surface area contributed by atoms with E-state index in [0.717, 1.165) is 33.0 Å². The molecule has 4 aromatic rings. The molecule has 3 aromatic carbocycles. The highest BCUT2D eigenvalue weighted by molar-refractivity contribution is 7.92. The zero-order chi connectivity index (χ0) is 26.4. The summed E-state index contributed by atoms with van der Waals surface area (Å²) in [5, 5.41) is 4.55. The van der Waals surface area contributed by atoms with Gasteiger partial charge in [-0.15, -0.1) is 11.3 Å². The molecule has 0 unspecified atom stereocenters. The van der Waals surface area contributed by atoms with Crippen LogP contribution in [-0.4, -0.2) is 27.6 Å². The van der Waals surface area contributed by atoms with Crippen molar-refractivity contribution in [2.75, 3.05) is 22.9 Å². The fourth-order valence-electron chi connectivity index (χ4n) is 3.83. The zero-order valence-electron chi connectivity index (χ0n) is 19.9. The number of thiophene rings is 1. The molecular formula is C26H23Cl2FN2O3S2. The average molecular weight is 566 g/mol. The molecule has 0 radical (unpaired) electrons. The Hall–Kier alpha value is -2.65. The van der Waals surface area contributed by atoms with E-state index in [1.807, 2.05) is 36.4 Å². The lowest BCUT2D eigenvalue weighted by Crippen LogP contribution is -2.25. The van der Waals surface area contributed by atoms with E-state index in [0.29, 0.717) is 30.7 Å². The fraction of sp³-hybridized carbons (Fsp3) is 0.192. The maximum Gasteiger partial charge on any atom is 0.265 e. The van der Waals surface area contributed by atoms with Crippen molar-refractivity contribution >= 4 is 71.9 Å². The lowest BCUT2D eigenvalue weighted by atomic mass is 9.78. The standard InChI is InChI=1S/C26H23Cl2FN2O3S2/c1-26(2,16-5-7-18(27)8-6-16)17-11-19(28)13-20(12-17)30-25(32)24-10-15-9-22(31(3)36(4,33)34)21(29)14-23(15)35-24/h5-14H,1-4H3,(H,30,32). The van der Waals surface area contributed by atoms with Crippen molar-refractivity contribution in [1.82, 2.24) is 0 Å². The van der Waals surface area contributed by atoms with E-state index in [1.165, 1.54) is 19.2 Å². The van der Waals surface area contributed by atoms with Crippen LogP contribution in [0, 0.1) is 5.82 Å². The largest absolute Gasteiger partial charge is 0.321 e. The second-order valence-corrected chi connectivity index (χ2v) is 13.0. The number of hydrogen-bond acceptors (Lipinski definition) is 4. The van der Waals surface area contributed by atoms with Crippen molar-refractivity contribution in [3.8, 4) is 0 Å². The van der Waals surface area contributed by atoms with Crippen molar-refractivity contribution in [2.45, 2.75) is 19.3 Å². The van der Waals surface area contributed by atoms with Crippen LogP contribution in [0.25, 0.3) is 10.1 Å². The highest BCUT2D eigenvalue weighted by Gasteiger charge is 2.25. The molecule has 0 bridgehead atoms. The summed E-state index contributed by atoms with van der Waals surface area (Å²) in [6, 6.07) is 17.2. The zero-order valence-corrected chi connectivity index (χ0v) is 23.0. The Labute approximate surface area is 223 Å². The molecule has 10 heteroatoms. The molecule has 0 saturated carbocycles. The molecule has 1 N–H and O–H groups in total. The molecular weight excluding hydrogens is 542 g/mol. The summed E-state index contributed by atoms with van der Waals surface area (Å²) in [6.07, 6.45) is 0.997. The Bertz CT molecular complexity index is 1580. The SMILES string of the molecule is CN(c1cc2cc(C(=O)Nc3cc(Cl)cc(C(C)(C)c4ccc(Cl)cc4)c3)sc2cc1F)S(C)(=O)=O.